The van der Waals surface area contributed by atoms with Crippen molar-refractivity contribution in [2.24, 2.45) is 5.92 Å². The molecule has 0 aromatic carbocycles. The van der Waals surface area contributed by atoms with Crippen LogP contribution < -0.4 is 0 Å². The maximum Gasteiger partial charge on any atom is 0.508 e. The minimum Gasteiger partial charge on any atom is -0.431 e. The predicted octanol–water partition coefficient (Wildman–Crippen LogP) is 3.13. The Balaban J connectivity index is 2.21. The molecule has 0 spiro atoms. The van der Waals surface area contributed by atoms with Crippen LogP contribution in [0.5, 0.6) is 0 Å². The van der Waals surface area contributed by atoms with E-state index in [-0.39, 0.29) is 12.2 Å². The van der Waals surface area contributed by atoms with Gasteiger partial charge in [0.25, 0.3) is 0 Å². The molecule has 3 nitrogen and oxygen atoms in total. The van der Waals surface area contributed by atoms with Gasteiger partial charge >= 0.3 is 6.16 Å². The SMILES string of the molecule is CC(C)C(C)OC(=O)OC1CCCC1. The Morgan fingerprint density at radius 3 is 2.29 bits per heavy atom. The molecular formula is C11H20O3. The van der Waals surface area contributed by atoms with Crippen molar-refractivity contribution < 1.29 is 14.3 Å². The lowest BCUT2D eigenvalue weighted by molar-refractivity contribution is -0.00660. The molecule has 1 aliphatic carbocycles. The van der Waals surface area contributed by atoms with Crippen molar-refractivity contribution >= 4 is 6.16 Å². The average molecular weight is 200 g/mol. The largest absolute Gasteiger partial charge is 0.508 e. The lowest BCUT2D eigenvalue weighted by Crippen LogP contribution is -2.23. The van der Waals surface area contributed by atoms with Gasteiger partial charge in [0.05, 0.1) is 0 Å². The molecular weight excluding hydrogens is 180 g/mol. The van der Waals surface area contributed by atoms with Crippen LogP contribution in [0.3, 0.4) is 0 Å². The average Bonchev–Trinajstić information content (AvgIpc) is 2.56. The third-order valence-corrected chi connectivity index (χ3v) is 2.79. The van der Waals surface area contributed by atoms with Gasteiger partial charge in [0.15, 0.2) is 0 Å². The molecule has 0 aromatic heterocycles. The highest BCUT2D eigenvalue weighted by Gasteiger charge is 2.21. The fraction of sp³-hybridized carbons (Fsp3) is 0.909. The van der Waals surface area contributed by atoms with E-state index in [0.717, 1.165) is 25.7 Å². The molecule has 14 heavy (non-hydrogen) atoms. The summed E-state index contributed by atoms with van der Waals surface area (Å²) in [6, 6.07) is 0. The number of carbonyl (C=O) groups is 1. The van der Waals surface area contributed by atoms with Gasteiger partial charge in [-0.25, -0.2) is 4.79 Å². The second-order valence-electron chi connectivity index (χ2n) is 4.34. The Kier molecular flexibility index (Phi) is 4.23. The number of rotatable bonds is 3. The van der Waals surface area contributed by atoms with Crippen molar-refractivity contribution in [1.82, 2.24) is 0 Å². The van der Waals surface area contributed by atoms with Gasteiger partial charge in [0.1, 0.15) is 12.2 Å². The van der Waals surface area contributed by atoms with Gasteiger partial charge in [-0.05, 0) is 38.5 Å². The van der Waals surface area contributed by atoms with Crippen LogP contribution in [0.25, 0.3) is 0 Å². The molecule has 0 radical (unpaired) electrons. The third kappa shape index (κ3) is 3.56. The van der Waals surface area contributed by atoms with E-state index < -0.39 is 6.16 Å². The smallest absolute Gasteiger partial charge is 0.431 e. The quantitative estimate of drug-likeness (QED) is 0.656. The monoisotopic (exact) mass is 200 g/mol. The fourth-order valence-corrected chi connectivity index (χ4v) is 1.46. The van der Waals surface area contributed by atoms with Crippen LogP contribution in [-0.4, -0.2) is 18.4 Å². The highest BCUT2D eigenvalue weighted by molar-refractivity contribution is 5.60. The van der Waals surface area contributed by atoms with E-state index in [1.807, 2.05) is 20.8 Å². The molecule has 0 aromatic rings. The minimum atomic E-state index is -0.502. The van der Waals surface area contributed by atoms with E-state index >= 15 is 0 Å². The number of carbonyl (C=O) groups excluding carboxylic acids is 1. The Hall–Kier alpha value is -0.730. The summed E-state index contributed by atoms with van der Waals surface area (Å²) in [6.45, 7) is 5.93. The fourth-order valence-electron chi connectivity index (χ4n) is 1.46. The molecule has 1 rings (SSSR count). The molecule has 1 aliphatic rings. The van der Waals surface area contributed by atoms with Crippen LogP contribution in [0.15, 0.2) is 0 Å². The molecule has 1 atom stereocenters. The zero-order chi connectivity index (χ0) is 10.6. The minimum absolute atomic E-state index is 0.0658. The lowest BCUT2D eigenvalue weighted by Gasteiger charge is -2.18. The zero-order valence-corrected chi connectivity index (χ0v) is 9.29. The number of ether oxygens (including phenoxy) is 2. The summed E-state index contributed by atoms with van der Waals surface area (Å²) in [5.41, 5.74) is 0. The van der Waals surface area contributed by atoms with E-state index in [2.05, 4.69) is 0 Å². The van der Waals surface area contributed by atoms with E-state index in [1.54, 1.807) is 0 Å². The van der Waals surface area contributed by atoms with Crippen molar-refractivity contribution in [3.8, 4) is 0 Å². The van der Waals surface area contributed by atoms with Crippen molar-refractivity contribution in [3.05, 3.63) is 0 Å². The van der Waals surface area contributed by atoms with E-state index in [1.165, 1.54) is 0 Å². The third-order valence-electron chi connectivity index (χ3n) is 2.79. The molecule has 0 aliphatic heterocycles. The standard InChI is InChI=1S/C11H20O3/c1-8(2)9(3)13-11(12)14-10-6-4-5-7-10/h8-10H,4-7H2,1-3H3. The summed E-state index contributed by atoms with van der Waals surface area (Å²) in [7, 11) is 0. The molecule has 0 amide bonds. The number of hydrogen-bond donors (Lipinski definition) is 0. The molecule has 0 heterocycles. The summed E-state index contributed by atoms with van der Waals surface area (Å²) in [5.74, 6) is 0.339. The van der Waals surface area contributed by atoms with Crippen molar-refractivity contribution in [2.45, 2.75) is 58.7 Å². The summed E-state index contributed by atoms with van der Waals surface area (Å²) >= 11 is 0. The molecule has 3 heteroatoms. The second kappa shape index (κ2) is 5.23. The molecule has 1 saturated carbocycles. The first-order chi connectivity index (χ1) is 6.59. The van der Waals surface area contributed by atoms with Gasteiger partial charge in [-0.2, -0.15) is 0 Å². The zero-order valence-electron chi connectivity index (χ0n) is 9.29. The van der Waals surface area contributed by atoms with E-state index in [0.29, 0.717) is 5.92 Å². The first-order valence-electron chi connectivity index (χ1n) is 5.47. The molecule has 82 valence electrons. The normalized spacial score (nSPS) is 19.7. The Morgan fingerprint density at radius 2 is 1.79 bits per heavy atom. The van der Waals surface area contributed by atoms with Crippen LogP contribution >= 0.6 is 0 Å². The molecule has 0 N–H and O–H groups in total. The van der Waals surface area contributed by atoms with Crippen LogP contribution in [0.1, 0.15) is 46.5 Å². The van der Waals surface area contributed by atoms with Crippen LogP contribution in [0, 0.1) is 5.92 Å². The summed E-state index contributed by atoms with van der Waals surface area (Å²) in [5, 5.41) is 0. The Bertz CT molecular complexity index is 177. The van der Waals surface area contributed by atoms with Crippen LogP contribution in [-0.2, 0) is 9.47 Å². The summed E-state index contributed by atoms with van der Waals surface area (Å²) < 4.78 is 10.3. The van der Waals surface area contributed by atoms with Crippen LogP contribution in [0.2, 0.25) is 0 Å². The maximum atomic E-state index is 11.3. The molecule has 1 unspecified atom stereocenters. The van der Waals surface area contributed by atoms with Crippen LogP contribution in [0.4, 0.5) is 4.79 Å². The summed E-state index contributed by atoms with van der Waals surface area (Å²) in [6.07, 6.45) is 3.84. The second-order valence-corrected chi connectivity index (χ2v) is 4.34. The van der Waals surface area contributed by atoms with Gasteiger partial charge in [-0.3, -0.25) is 0 Å². The van der Waals surface area contributed by atoms with Gasteiger partial charge in [-0.15, -0.1) is 0 Å². The predicted molar refractivity (Wildman–Crippen MR) is 54.1 cm³/mol. The molecule has 1 fully saturated rings. The summed E-state index contributed by atoms with van der Waals surface area (Å²) in [4.78, 5) is 11.3. The highest BCUT2D eigenvalue weighted by atomic mass is 16.7. The van der Waals surface area contributed by atoms with E-state index in [9.17, 15) is 4.79 Å². The molecule has 0 saturated heterocycles. The van der Waals surface area contributed by atoms with Gasteiger partial charge in [0, 0.05) is 0 Å². The Labute approximate surface area is 85.8 Å². The van der Waals surface area contributed by atoms with E-state index in [4.69, 9.17) is 9.47 Å². The number of hydrogen-bond acceptors (Lipinski definition) is 3. The maximum absolute atomic E-state index is 11.3. The first-order valence-corrected chi connectivity index (χ1v) is 5.47. The Morgan fingerprint density at radius 1 is 1.21 bits per heavy atom. The topological polar surface area (TPSA) is 35.5 Å². The van der Waals surface area contributed by atoms with Crippen molar-refractivity contribution in [1.29, 1.82) is 0 Å². The molecule has 0 bridgehead atoms. The van der Waals surface area contributed by atoms with Crippen molar-refractivity contribution in [2.75, 3.05) is 0 Å². The van der Waals surface area contributed by atoms with Gasteiger partial charge in [0.2, 0.25) is 0 Å². The van der Waals surface area contributed by atoms with Gasteiger partial charge in [-0.1, -0.05) is 13.8 Å². The first kappa shape index (κ1) is 11.3. The highest BCUT2D eigenvalue weighted by Crippen LogP contribution is 2.21. The lowest BCUT2D eigenvalue weighted by atomic mass is 10.1. The van der Waals surface area contributed by atoms with Gasteiger partial charge < -0.3 is 9.47 Å². The van der Waals surface area contributed by atoms with Crippen molar-refractivity contribution in [3.63, 3.8) is 0 Å².